The second-order valence-corrected chi connectivity index (χ2v) is 5.14. The molecule has 0 aliphatic heterocycles. The summed E-state index contributed by atoms with van der Waals surface area (Å²) >= 11 is 3.32. The molecule has 3 rings (SSSR count). The Hall–Kier alpha value is -2.14. The minimum atomic E-state index is -0.377. The number of hydrogen-bond acceptors (Lipinski definition) is 3. The van der Waals surface area contributed by atoms with Crippen molar-refractivity contribution in [1.29, 1.82) is 0 Å². The van der Waals surface area contributed by atoms with Crippen molar-refractivity contribution in [2.75, 3.05) is 7.11 Å². The van der Waals surface area contributed by atoms with Gasteiger partial charge in [0.1, 0.15) is 0 Å². The molecule has 4 nitrogen and oxygen atoms in total. The number of esters is 1. The van der Waals surface area contributed by atoms with Gasteiger partial charge in [0.05, 0.1) is 18.1 Å². The van der Waals surface area contributed by atoms with Gasteiger partial charge in [-0.3, -0.25) is 0 Å². The zero-order valence-corrected chi connectivity index (χ0v) is 12.2. The SMILES string of the molecule is COC(=O)c1ccc2c(ccc3cc[n+]([O-])c(Br)c32)c1. The third-order valence-corrected chi connectivity index (χ3v) is 4.01. The van der Waals surface area contributed by atoms with Crippen LogP contribution in [0.4, 0.5) is 0 Å². The number of carbonyl (C=O) groups is 1. The molecule has 0 fully saturated rings. The van der Waals surface area contributed by atoms with Gasteiger partial charge in [0, 0.05) is 22.0 Å². The topological polar surface area (TPSA) is 53.2 Å². The highest BCUT2D eigenvalue weighted by molar-refractivity contribution is 9.10. The summed E-state index contributed by atoms with van der Waals surface area (Å²) in [6.45, 7) is 0. The molecule has 1 aromatic heterocycles. The molecular formula is C15H10BrNO3. The molecule has 0 aliphatic rings. The minimum Gasteiger partial charge on any atom is -0.618 e. The van der Waals surface area contributed by atoms with E-state index in [1.807, 2.05) is 18.2 Å². The summed E-state index contributed by atoms with van der Waals surface area (Å²) in [6, 6.07) is 10.9. The number of methoxy groups -OCH3 is 1. The van der Waals surface area contributed by atoms with Crippen LogP contribution in [0, 0.1) is 5.21 Å². The number of halogens is 1. The first-order valence-corrected chi connectivity index (χ1v) is 6.73. The predicted octanol–water partition coefficient (Wildman–Crippen LogP) is 3.18. The first-order chi connectivity index (χ1) is 9.61. The lowest BCUT2D eigenvalue weighted by Crippen LogP contribution is -2.26. The van der Waals surface area contributed by atoms with Gasteiger partial charge < -0.3 is 9.94 Å². The maximum absolute atomic E-state index is 11.7. The molecule has 0 saturated carbocycles. The fourth-order valence-corrected chi connectivity index (χ4v) is 2.84. The van der Waals surface area contributed by atoms with Crippen molar-refractivity contribution in [3.05, 3.63) is 58.0 Å². The lowest BCUT2D eigenvalue weighted by atomic mass is 10.0. The molecule has 0 spiro atoms. The summed E-state index contributed by atoms with van der Waals surface area (Å²) in [5, 5.41) is 15.3. The van der Waals surface area contributed by atoms with Gasteiger partial charge in [0.15, 0.2) is 6.20 Å². The number of nitrogens with zero attached hydrogens (tertiary/aromatic N) is 1. The monoisotopic (exact) mass is 331 g/mol. The third kappa shape index (κ3) is 1.91. The molecule has 0 N–H and O–H groups in total. The molecule has 0 bridgehead atoms. The normalized spacial score (nSPS) is 10.9. The van der Waals surface area contributed by atoms with Crippen LogP contribution < -0.4 is 4.73 Å². The Morgan fingerprint density at radius 1 is 1.20 bits per heavy atom. The van der Waals surface area contributed by atoms with Crippen molar-refractivity contribution in [2.24, 2.45) is 0 Å². The van der Waals surface area contributed by atoms with E-state index < -0.39 is 0 Å². The van der Waals surface area contributed by atoms with Crippen LogP contribution >= 0.6 is 15.9 Å². The zero-order chi connectivity index (χ0) is 14.3. The van der Waals surface area contributed by atoms with Crippen LogP contribution in [-0.4, -0.2) is 13.1 Å². The van der Waals surface area contributed by atoms with Crippen molar-refractivity contribution in [2.45, 2.75) is 0 Å². The van der Waals surface area contributed by atoms with Gasteiger partial charge in [-0.1, -0.05) is 18.2 Å². The van der Waals surface area contributed by atoms with Crippen molar-refractivity contribution < 1.29 is 14.3 Å². The quantitative estimate of drug-likeness (QED) is 0.226. The lowest BCUT2D eigenvalue weighted by molar-refractivity contribution is -0.615. The number of carbonyl (C=O) groups excluding carboxylic acids is 1. The first-order valence-electron chi connectivity index (χ1n) is 5.94. The van der Waals surface area contributed by atoms with Gasteiger partial charge in [-0.15, -0.1) is 0 Å². The van der Waals surface area contributed by atoms with Crippen molar-refractivity contribution in [3.8, 4) is 0 Å². The van der Waals surface area contributed by atoms with Crippen LogP contribution in [0.1, 0.15) is 10.4 Å². The second-order valence-electron chi connectivity index (χ2n) is 4.39. The van der Waals surface area contributed by atoms with Gasteiger partial charge in [-0.05, 0) is 28.3 Å². The molecule has 2 aromatic carbocycles. The Balaban J connectivity index is 2.37. The van der Waals surface area contributed by atoms with E-state index in [0.29, 0.717) is 10.2 Å². The van der Waals surface area contributed by atoms with Gasteiger partial charge >= 0.3 is 5.97 Å². The molecule has 1 heterocycles. The van der Waals surface area contributed by atoms with Crippen LogP contribution in [-0.2, 0) is 4.74 Å². The number of ether oxygens (including phenoxy) is 1. The largest absolute Gasteiger partial charge is 0.618 e. The number of rotatable bonds is 1. The molecule has 0 amide bonds. The fourth-order valence-electron chi connectivity index (χ4n) is 2.28. The van der Waals surface area contributed by atoms with Crippen molar-refractivity contribution in [3.63, 3.8) is 0 Å². The average Bonchev–Trinajstić information content (AvgIpc) is 2.49. The second kappa shape index (κ2) is 4.76. The highest BCUT2D eigenvalue weighted by Crippen LogP contribution is 2.30. The summed E-state index contributed by atoms with van der Waals surface area (Å²) in [5.74, 6) is -0.377. The number of benzene rings is 2. The molecule has 100 valence electrons. The Kier molecular flexibility index (Phi) is 3.06. The van der Waals surface area contributed by atoms with Gasteiger partial charge in [0.25, 0.3) is 4.60 Å². The van der Waals surface area contributed by atoms with Crippen LogP contribution in [0.5, 0.6) is 0 Å². The summed E-state index contributed by atoms with van der Waals surface area (Å²) in [7, 11) is 1.35. The van der Waals surface area contributed by atoms with Crippen LogP contribution in [0.3, 0.4) is 0 Å². The maximum atomic E-state index is 11.7. The van der Waals surface area contributed by atoms with E-state index in [1.165, 1.54) is 13.3 Å². The Morgan fingerprint density at radius 2 is 1.95 bits per heavy atom. The average molecular weight is 332 g/mol. The molecule has 3 aromatic rings. The highest BCUT2D eigenvalue weighted by atomic mass is 79.9. The van der Waals surface area contributed by atoms with E-state index in [4.69, 9.17) is 4.74 Å². The summed E-state index contributed by atoms with van der Waals surface area (Å²) in [5.41, 5.74) is 0.487. The van der Waals surface area contributed by atoms with Gasteiger partial charge in [-0.25, -0.2) is 4.79 Å². The Morgan fingerprint density at radius 3 is 2.70 bits per heavy atom. The number of aromatic nitrogens is 1. The number of fused-ring (bicyclic) bond motifs is 3. The number of hydrogen-bond donors (Lipinski definition) is 0. The highest BCUT2D eigenvalue weighted by Gasteiger charge is 2.13. The smallest absolute Gasteiger partial charge is 0.337 e. The molecule has 5 heteroatoms. The van der Waals surface area contributed by atoms with Crippen LogP contribution in [0.2, 0.25) is 0 Å². The minimum absolute atomic E-state index is 0.377. The van der Waals surface area contributed by atoms with E-state index >= 15 is 0 Å². The van der Waals surface area contributed by atoms with E-state index in [-0.39, 0.29) is 5.97 Å². The van der Waals surface area contributed by atoms with Crippen LogP contribution in [0.25, 0.3) is 21.5 Å². The lowest BCUT2D eigenvalue weighted by Gasteiger charge is -2.07. The van der Waals surface area contributed by atoms with E-state index in [1.54, 1.807) is 18.2 Å². The molecule has 0 aliphatic carbocycles. The Labute approximate surface area is 123 Å². The zero-order valence-electron chi connectivity index (χ0n) is 10.6. The first kappa shape index (κ1) is 12.9. The molecule has 0 radical (unpaired) electrons. The third-order valence-electron chi connectivity index (χ3n) is 3.26. The summed E-state index contributed by atoms with van der Waals surface area (Å²) in [6.07, 6.45) is 1.46. The van der Waals surface area contributed by atoms with E-state index in [9.17, 15) is 10.0 Å². The molecule has 0 unspecified atom stereocenters. The maximum Gasteiger partial charge on any atom is 0.337 e. The number of pyridine rings is 1. The molecular weight excluding hydrogens is 322 g/mol. The van der Waals surface area contributed by atoms with Gasteiger partial charge in [0.2, 0.25) is 0 Å². The molecule has 20 heavy (non-hydrogen) atoms. The fraction of sp³-hybridized carbons (Fsp3) is 0.0667. The molecule has 0 saturated heterocycles. The van der Waals surface area contributed by atoms with E-state index in [0.717, 1.165) is 26.3 Å². The summed E-state index contributed by atoms with van der Waals surface area (Å²) < 4.78 is 5.95. The standard InChI is InChI=1S/C15H10BrNO3/c1-20-15(18)11-4-5-12-10(8-11)3-2-9-6-7-17(19)14(16)13(9)12/h2-8H,1H3. The van der Waals surface area contributed by atoms with Crippen LogP contribution in [0.15, 0.2) is 47.2 Å². The summed E-state index contributed by atoms with van der Waals surface area (Å²) in [4.78, 5) is 11.6. The molecule has 0 atom stereocenters. The van der Waals surface area contributed by atoms with E-state index in [2.05, 4.69) is 15.9 Å². The predicted molar refractivity (Wildman–Crippen MR) is 79.5 cm³/mol. The van der Waals surface area contributed by atoms with Crippen molar-refractivity contribution in [1.82, 2.24) is 0 Å². The Bertz CT molecular complexity index is 845. The van der Waals surface area contributed by atoms with Gasteiger partial charge in [-0.2, -0.15) is 4.73 Å². The van der Waals surface area contributed by atoms with Crippen molar-refractivity contribution >= 4 is 43.4 Å².